The van der Waals surface area contributed by atoms with Crippen LogP contribution in [0, 0.1) is 0 Å². The molecule has 10 nitrogen and oxygen atoms in total. The number of hydrogen-bond acceptors (Lipinski definition) is 7. The maximum absolute atomic E-state index is 13.2. The number of rotatable bonds is 9. The molecule has 0 bridgehead atoms. The van der Waals surface area contributed by atoms with Gasteiger partial charge in [-0.05, 0) is 67.1 Å². The van der Waals surface area contributed by atoms with Crippen molar-refractivity contribution >= 4 is 68.7 Å². The van der Waals surface area contributed by atoms with E-state index in [1.807, 2.05) is 0 Å². The van der Waals surface area contributed by atoms with Gasteiger partial charge in [-0.1, -0.05) is 39.7 Å². The van der Waals surface area contributed by atoms with E-state index in [9.17, 15) is 19.2 Å². The van der Waals surface area contributed by atoms with E-state index >= 15 is 0 Å². The summed E-state index contributed by atoms with van der Waals surface area (Å²) in [6.45, 7) is 1.60. The number of urea groups is 1. The van der Waals surface area contributed by atoms with Gasteiger partial charge in [-0.2, -0.15) is 0 Å². The number of ether oxygens (including phenoxy) is 3. The lowest BCUT2D eigenvalue weighted by atomic mass is 10.1. The highest BCUT2D eigenvalue weighted by molar-refractivity contribution is 9.10. The van der Waals surface area contributed by atoms with Gasteiger partial charge >= 0.3 is 6.03 Å². The van der Waals surface area contributed by atoms with Crippen molar-refractivity contribution in [2.75, 3.05) is 30.5 Å². The maximum atomic E-state index is 13.2. The van der Waals surface area contributed by atoms with Crippen molar-refractivity contribution in [2.45, 2.75) is 6.92 Å². The van der Waals surface area contributed by atoms with Crippen LogP contribution in [-0.2, 0) is 14.4 Å². The Morgan fingerprint density at radius 2 is 1.77 bits per heavy atom. The number of methoxy groups -OCH3 is 1. The van der Waals surface area contributed by atoms with E-state index in [-0.39, 0.29) is 41.0 Å². The number of para-hydroxylation sites is 2. The normalized spacial score (nSPS) is 14.2. The fraction of sp³-hybridized carbons (Fsp3) is 0.143. The lowest BCUT2D eigenvalue weighted by molar-refractivity contribution is -0.122. The van der Waals surface area contributed by atoms with Crippen molar-refractivity contribution in [2.24, 2.45) is 0 Å². The molecule has 0 aromatic heterocycles. The van der Waals surface area contributed by atoms with Crippen molar-refractivity contribution in [3.8, 4) is 17.2 Å². The van der Waals surface area contributed by atoms with Crippen LogP contribution in [-0.4, -0.2) is 44.1 Å². The van der Waals surface area contributed by atoms with Gasteiger partial charge in [0.2, 0.25) is 0 Å². The maximum Gasteiger partial charge on any atom is 0.335 e. The quantitative estimate of drug-likeness (QED) is 0.247. The number of carbonyl (C=O) groups is 4. The van der Waals surface area contributed by atoms with E-state index in [0.717, 1.165) is 9.37 Å². The lowest BCUT2D eigenvalue weighted by Gasteiger charge is -2.26. The Kier molecular flexibility index (Phi) is 9.08. The summed E-state index contributed by atoms with van der Waals surface area (Å²) in [6.07, 6.45) is 1.29. The fourth-order valence-corrected chi connectivity index (χ4v) is 4.33. The van der Waals surface area contributed by atoms with Crippen molar-refractivity contribution in [3.05, 3.63) is 81.3 Å². The van der Waals surface area contributed by atoms with Gasteiger partial charge in [0, 0.05) is 4.47 Å². The van der Waals surface area contributed by atoms with Crippen molar-refractivity contribution in [1.29, 1.82) is 0 Å². The Bertz CT molecular complexity index is 1510. The van der Waals surface area contributed by atoms with Crippen LogP contribution in [0.3, 0.4) is 0 Å². The predicted octanol–water partition coefficient (Wildman–Crippen LogP) is 5.19. The van der Waals surface area contributed by atoms with Crippen molar-refractivity contribution < 1.29 is 33.4 Å². The van der Waals surface area contributed by atoms with Gasteiger partial charge in [0.05, 0.1) is 30.1 Å². The van der Waals surface area contributed by atoms with Gasteiger partial charge in [0.1, 0.15) is 11.3 Å². The number of nitrogens with one attached hydrogen (secondary N) is 2. The van der Waals surface area contributed by atoms with E-state index < -0.39 is 23.8 Å². The average molecular weight is 629 g/mol. The van der Waals surface area contributed by atoms with Crippen molar-refractivity contribution in [1.82, 2.24) is 5.32 Å². The molecule has 0 radical (unpaired) electrons. The first-order valence-corrected chi connectivity index (χ1v) is 13.1. The molecular formula is C28H23BrClN3O7. The number of halogens is 2. The van der Waals surface area contributed by atoms with E-state index in [1.165, 1.54) is 25.3 Å². The molecule has 0 spiro atoms. The first kappa shape index (κ1) is 28.7. The molecule has 0 aliphatic carbocycles. The Morgan fingerprint density at radius 1 is 1.05 bits per heavy atom. The Labute approximate surface area is 243 Å². The molecule has 12 heteroatoms. The molecule has 4 rings (SSSR count). The molecule has 1 aliphatic rings. The zero-order chi connectivity index (χ0) is 28.8. The third-order valence-corrected chi connectivity index (χ3v) is 6.37. The molecule has 0 atom stereocenters. The number of barbiturate groups is 1. The summed E-state index contributed by atoms with van der Waals surface area (Å²) >= 11 is 9.78. The van der Waals surface area contributed by atoms with Crippen LogP contribution in [0.4, 0.5) is 16.2 Å². The molecule has 1 heterocycles. The Morgan fingerprint density at radius 3 is 2.48 bits per heavy atom. The molecule has 206 valence electrons. The number of hydrogen-bond donors (Lipinski definition) is 2. The third kappa shape index (κ3) is 6.44. The zero-order valence-electron chi connectivity index (χ0n) is 21.3. The zero-order valence-corrected chi connectivity index (χ0v) is 23.7. The minimum atomic E-state index is -0.863. The minimum absolute atomic E-state index is 0.0763. The second-order valence-electron chi connectivity index (χ2n) is 8.23. The van der Waals surface area contributed by atoms with Gasteiger partial charge in [0.25, 0.3) is 17.7 Å². The highest BCUT2D eigenvalue weighted by Crippen LogP contribution is 2.38. The van der Waals surface area contributed by atoms with Gasteiger partial charge in [-0.25, -0.2) is 9.69 Å². The summed E-state index contributed by atoms with van der Waals surface area (Å²) in [5.41, 5.74) is 0.809. The smallest absolute Gasteiger partial charge is 0.335 e. The van der Waals surface area contributed by atoms with Crippen LogP contribution in [0.2, 0.25) is 5.02 Å². The standard InChI is InChI=1S/C28H23BrClN3O7/c1-3-39-23-14-16(12-19-26(35)32-28(37)33(27(19)36)18-10-8-17(29)9-11-18)13-20(30)25(23)40-15-24(34)31-21-6-4-5-7-22(21)38-2/h4-14H,3,15H2,1-2H3,(H,31,34)(H,32,35,37)/b19-12+. The fourth-order valence-electron chi connectivity index (χ4n) is 3.79. The molecular weight excluding hydrogens is 606 g/mol. The van der Waals surface area contributed by atoms with Crippen LogP contribution < -0.4 is 29.7 Å². The molecule has 0 unspecified atom stereocenters. The third-order valence-electron chi connectivity index (χ3n) is 5.56. The average Bonchev–Trinajstić information content (AvgIpc) is 2.92. The summed E-state index contributed by atoms with van der Waals surface area (Å²) in [5.74, 6) is -1.34. The number of amides is 5. The van der Waals surface area contributed by atoms with Gasteiger partial charge < -0.3 is 19.5 Å². The van der Waals surface area contributed by atoms with Crippen LogP contribution >= 0.6 is 27.5 Å². The number of carbonyl (C=O) groups excluding carboxylic acids is 4. The Hall–Kier alpha value is -4.35. The predicted molar refractivity (Wildman–Crippen MR) is 153 cm³/mol. The molecule has 1 saturated heterocycles. The summed E-state index contributed by atoms with van der Waals surface area (Å²) < 4.78 is 17.3. The summed E-state index contributed by atoms with van der Waals surface area (Å²) in [4.78, 5) is 51.6. The van der Waals surface area contributed by atoms with Crippen LogP contribution in [0.25, 0.3) is 6.08 Å². The van der Waals surface area contributed by atoms with Crippen LogP contribution in [0.1, 0.15) is 12.5 Å². The van der Waals surface area contributed by atoms with Gasteiger partial charge in [-0.3, -0.25) is 19.7 Å². The van der Waals surface area contributed by atoms with E-state index in [0.29, 0.717) is 17.0 Å². The molecule has 2 N–H and O–H groups in total. The molecule has 3 aromatic carbocycles. The number of benzene rings is 3. The highest BCUT2D eigenvalue weighted by Gasteiger charge is 2.36. The molecule has 1 aliphatic heterocycles. The largest absolute Gasteiger partial charge is 0.495 e. The molecule has 0 saturated carbocycles. The van der Waals surface area contributed by atoms with Gasteiger partial charge in [-0.15, -0.1) is 0 Å². The summed E-state index contributed by atoms with van der Waals surface area (Å²) in [5, 5.41) is 4.95. The number of anilines is 2. The molecule has 40 heavy (non-hydrogen) atoms. The topological polar surface area (TPSA) is 123 Å². The minimum Gasteiger partial charge on any atom is -0.495 e. The van der Waals surface area contributed by atoms with Crippen LogP contribution in [0.15, 0.2) is 70.7 Å². The van der Waals surface area contributed by atoms with Crippen LogP contribution in [0.5, 0.6) is 17.2 Å². The second kappa shape index (κ2) is 12.7. The first-order valence-electron chi connectivity index (χ1n) is 11.9. The lowest BCUT2D eigenvalue weighted by Crippen LogP contribution is -2.54. The Balaban J connectivity index is 1.57. The van der Waals surface area contributed by atoms with E-state index in [2.05, 4.69) is 26.6 Å². The van der Waals surface area contributed by atoms with E-state index in [4.69, 9.17) is 25.8 Å². The molecule has 5 amide bonds. The summed E-state index contributed by atoms with van der Waals surface area (Å²) in [6, 6.07) is 15.5. The second-order valence-corrected chi connectivity index (χ2v) is 9.56. The summed E-state index contributed by atoms with van der Waals surface area (Å²) in [7, 11) is 1.49. The first-order chi connectivity index (χ1) is 19.2. The number of nitrogens with zero attached hydrogens (tertiary/aromatic N) is 1. The monoisotopic (exact) mass is 627 g/mol. The molecule has 3 aromatic rings. The SMILES string of the molecule is CCOc1cc(/C=C2\C(=O)NC(=O)N(c3ccc(Br)cc3)C2=O)cc(Cl)c1OCC(=O)Nc1ccccc1OC. The molecule has 1 fully saturated rings. The number of imide groups is 2. The van der Waals surface area contributed by atoms with Crippen molar-refractivity contribution in [3.63, 3.8) is 0 Å². The highest BCUT2D eigenvalue weighted by atomic mass is 79.9. The van der Waals surface area contributed by atoms with E-state index in [1.54, 1.807) is 55.5 Å². The van der Waals surface area contributed by atoms with Gasteiger partial charge in [0.15, 0.2) is 18.1 Å².